The third-order valence-electron chi connectivity index (χ3n) is 2.72. The predicted molar refractivity (Wildman–Crippen MR) is 67.7 cm³/mol. The van der Waals surface area contributed by atoms with Crippen molar-refractivity contribution >= 4 is 11.8 Å². The highest BCUT2D eigenvalue weighted by Crippen LogP contribution is 2.20. The molecule has 0 saturated carbocycles. The fourth-order valence-electron chi connectivity index (χ4n) is 1.68. The molecule has 0 spiro atoms. The minimum Gasteiger partial charge on any atom is -0.339 e. The molecule has 0 bridgehead atoms. The van der Waals surface area contributed by atoms with Crippen LogP contribution < -0.4 is 5.32 Å². The molecular weight excluding hydrogens is 222 g/mol. The molecule has 1 aromatic rings. The molecule has 92 valence electrons. The van der Waals surface area contributed by atoms with E-state index < -0.39 is 0 Å². The van der Waals surface area contributed by atoms with E-state index in [-0.39, 0.29) is 5.92 Å². The van der Waals surface area contributed by atoms with Crippen LogP contribution in [0.1, 0.15) is 44.8 Å². The standard InChI is InChI=1S/C11H21N3OS/c1-5-9(12-4)8(3)11-13-10(14-15-11)7-16-6-2/h8-9,12H,5-7H2,1-4H3. The van der Waals surface area contributed by atoms with Crippen LogP contribution in [0, 0.1) is 0 Å². The van der Waals surface area contributed by atoms with Crippen molar-refractivity contribution in [1.82, 2.24) is 15.5 Å². The number of thioether (sulfide) groups is 1. The van der Waals surface area contributed by atoms with Crippen molar-refractivity contribution < 1.29 is 4.52 Å². The molecule has 0 fully saturated rings. The van der Waals surface area contributed by atoms with Crippen molar-refractivity contribution in [2.45, 2.75) is 44.9 Å². The number of likely N-dealkylation sites (N-methyl/N-ethyl adjacent to an activating group) is 1. The number of rotatable bonds is 7. The maximum absolute atomic E-state index is 5.29. The molecule has 0 aliphatic carbocycles. The Morgan fingerprint density at radius 2 is 2.19 bits per heavy atom. The summed E-state index contributed by atoms with van der Waals surface area (Å²) in [4.78, 5) is 4.43. The second kappa shape index (κ2) is 6.91. The molecule has 4 nitrogen and oxygen atoms in total. The van der Waals surface area contributed by atoms with Gasteiger partial charge in [0.15, 0.2) is 5.82 Å². The fourth-order valence-corrected chi connectivity index (χ4v) is 2.19. The maximum atomic E-state index is 5.29. The molecule has 1 aromatic heterocycles. The second-order valence-corrected chi connectivity index (χ2v) is 5.05. The Bertz CT molecular complexity index is 299. The molecule has 1 N–H and O–H groups in total. The van der Waals surface area contributed by atoms with Gasteiger partial charge >= 0.3 is 0 Å². The molecule has 1 heterocycles. The Balaban J connectivity index is 2.61. The van der Waals surface area contributed by atoms with Gasteiger partial charge in [-0.25, -0.2) is 0 Å². The van der Waals surface area contributed by atoms with Crippen molar-refractivity contribution in [3.8, 4) is 0 Å². The first-order chi connectivity index (χ1) is 7.72. The Kier molecular flexibility index (Phi) is 5.84. The first-order valence-electron chi connectivity index (χ1n) is 5.80. The van der Waals surface area contributed by atoms with Crippen molar-refractivity contribution in [1.29, 1.82) is 0 Å². The Hall–Kier alpha value is -0.550. The van der Waals surface area contributed by atoms with Gasteiger partial charge in [0.05, 0.1) is 11.7 Å². The van der Waals surface area contributed by atoms with E-state index in [9.17, 15) is 0 Å². The SMILES string of the molecule is CCSCc1noc(C(C)C(CC)NC)n1. The third kappa shape index (κ3) is 3.49. The predicted octanol–water partition coefficient (Wildman–Crippen LogP) is 2.42. The topological polar surface area (TPSA) is 51.0 Å². The van der Waals surface area contributed by atoms with Crippen LogP contribution in [0.25, 0.3) is 0 Å². The molecule has 2 atom stereocenters. The minimum atomic E-state index is 0.267. The van der Waals surface area contributed by atoms with E-state index in [0.717, 1.165) is 29.6 Å². The van der Waals surface area contributed by atoms with Crippen LogP contribution in [-0.4, -0.2) is 29.0 Å². The van der Waals surface area contributed by atoms with Crippen LogP contribution in [-0.2, 0) is 5.75 Å². The lowest BCUT2D eigenvalue weighted by Gasteiger charge is -2.18. The first kappa shape index (κ1) is 13.5. The lowest BCUT2D eigenvalue weighted by Crippen LogP contribution is -2.30. The van der Waals surface area contributed by atoms with Gasteiger partial charge in [-0.3, -0.25) is 0 Å². The van der Waals surface area contributed by atoms with Crippen LogP contribution in [0.5, 0.6) is 0 Å². The van der Waals surface area contributed by atoms with Crippen LogP contribution in [0.15, 0.2) is 4.52 Å². The lowest BCUT2D eigenvalue weighted by molar-refractivity contribution is 0.324. The highest BCUT2D eigenvalue weighted by atomic mass is 32.2. The van der Waals surface area contributed by atoms with Crippen molar-refractivity contribution in [3.05, 3.63) is 11.7 Å². The number of nitrogens with one attached hydrogen (secondary N) is 1. The van der Waals surface area contributed by atoms with E-state index >= 15 is 0 Å². The highest BCUT2D eigenvalue weighted by Gasteiger charge is 2.21. The highest BCUT2D eigenvalue weighted by molar-refractivity contribution is 7.98. The monoisotopic (exact) mass is 243 g/mol. The third-order valence-corrected chi connectivity index (χ3v) is 3.59. The van der Waals surface area contributed by atoms with Gasteiger partial charge in [0.1, 0.15) is 0 Å². The summed E-state index contributed by atoms with van der Waals surface area (Å²) in [5, 5.41) is 7.26. The molecule has 1 rings (SSSR count). The lowest BCUT2D eigenvalue weighted by atomic mass is 10.00. The normalized spacial score (nSPS) is 15.0. The summed E-state index contributed by atoms with van der Waals surface area (Å²) in [6.45, 7) is 6.40. The van der Waals surface area contributed by atoms with Gasteiger partial charge in [0, 0.05) is 6.04 Å². The zero-order valence-electron chi connectivity index (χ0n) is 10.5. The van der Waals surface area contributed by atoms with E-state index in [0.29, 0.717) is 6.04 Å². The van der Waals surface area contributed by atoms with E-state index in [1.807, 2.05) is 7.05 Å². The van der Waals surface area contributed by atoms with Crippen molar-refractivity contribution in [3.63, 3.8) is 0 Å². The number of hydrogen-bond acceptors (Lipinski definition) is 5. The van der Waals surface area contributed by atoms with Crippen LogP contribution in [0.4, 0.5) is 0 Å². The summed E-state index contributed by atoms with van der Waals surface area (Å²) in [5.74, 6) is 3.73. The van der Waals surface area contributed by atoms with Crippen LogP contribution >= 0.6 is 11.8 Å². The average molecular weight is 243 g/mol. The number of nitrogens with zero attached hydrogens (tertiary/aromatic N) is 2. The van der Waals surface area contributed by atoms with Crippen molar-refractivity contribution in [2.75, 3.05) is 12.8 Å². The molecule has 0 radical (unpaired) electrons. The number of aromatic nitrogens is 2. The smallest absolute Gasteiger partial charge is 0.231 e. The van der Waals surface area contributed by atoms with Crippen molar-refractivity contribution in [2.24, 2.45) is 0 Å². The Morgan fingerprint density at radius 3 is 2.75 bits per heavy atom. The summed E-state index contributed by atoms with van der Waals surface area (Å²) >= 11 is 1.81. The average Bonchev–Trinajstić information content (AvgIpc) is 2.76. The van der Waals surface area contributed by atoms with Gasteiger partial charge in [-0.05, 0) is 19.2 Å². The molecule has 0 aliphatic heterocycles. The van der Waals surface area contributed by atoms with E-state index in [1.54, 1.807) is 11.8 Å². The Morgan fingerprint density at radius 1 is 1.44 bits per heavy atom. The summed E-state index contributed by atoms with van der Waals surface area (Å²) in [7, 11) is 1.97. The molecule has 0 aromatic carbocycles. The van der Waals surface area contributed by atoms with Gasteiger partial charge in [-0.15, -0.1) is 0 Å². The molecule has 0 saturated heterocycles. The molecular formula is C11H21N3OS. The number of hydrogen-bond donors (Lipinski definition) is 1. The molecule has 0 aliphatic rings. The molecule has 0 amide bonds. The summed E-state index contributed by atoms with van der Waals surface area (Å²) in [6, 6.07) is 0.395. The minimum absolute atomic E-state index is 0.267. The Labute approximate surface area is 102 Å². The fraction of sp³-hybridized carbons (Fsp3) is 0.818. The zero-order chi connectivity index (χ0) is 12.0. The first-order valence-corrected chi connectivity index (χ1v) is 6.95. The summed E-state index contributed by atoms with van der Waals surface area (Å²) in [6.07, 6.45) is 1.05. The zero-order valence-corrected chi connectivity index (χ0v) is 11.3. The van der Waals surface area contributed by atoms with E-state index in [4.69, 9.17) is 4.52 Å². The second-order valence-electron chi connectivity index (χ2n) is 3.78. The summed E-state index contributed by atoms with van der Waals surface area (Å²) < 4.78 is 5.29. The maximum Gasteiger partial charge on any atom is 0.231 e. The quantitative estimate of drug-likeness (QED) is 0.797. The molecule has 5 heteroatoms. The van der Waals surface area contributed by atoms with Gasteiger partial charge in [0.25, 0.3) is 0 Å². The van der Waals surface area contributed by atoms with Crippen LogP contribution in [0.3, 0.4) is 0 Å². The largest absolute Gasteiger partial charge is 0.339 e. The molecule has 16 heavy (non-hydrogen) atoms. The van der Waals surface area contributed by atoms with Gasteiger partial charge < -0.3 is 9.84 Å². The van der Waals surface area contributed by atoms with Gasteiger partial charge in [-0.2, -0.15) is 16.7 Å². The van der Waals surface area contributed by atoms with Crippen LogP contribution in [0.2, 0.25) is 0 Å². The van der Waals surface area contributed by atoms with E-state index in [1.165, 1.54) is 0 Å². The molecule has 2 unspecified atom stereocenters. The van der Waals surface area contributed by atoms with Gasteiger partial charge in [0.2, 0.25) is 5.89 Å². The van der Waals surface area contributed by atoms with Gasteiger partial charge in [-0.1, -0.05) is 25.9 Å². The van der Waals surface area contributed by atoms with E-state index in [2.05, 4.69) is 36.2 Å². The summed E-state index contributed by atoms with van der Waals surface area (Å²) in [5.41, 5.74) is 0.